The molecule has 0 N–H and O–H groups in total. The van der Waals surface area contributed by atoms with E-state index in [2.05, 4.69) is 85.8 Å². The Hall–Kier alpha value is -0.866. The molecule has 0 aromatic heterocycles. The van der Waals surface area contributed by atoms with Gasteiger partial charge in [-0.2, -0.15) is 0 Å². The number of hydrogen-bond acceptors (Lipinski definition) is 2. The van der Waals surface area contributed by atoms with Gasteiger partial charge in [0.25, 0.3) is 0 Å². The molecule has 0 aliphatic heterocycles. The summed E-state index contributed by atoms with van der Waals surface area (Å²) in [4.78, 5) is 0. The summed E-state index contributed by atoms with van der Waals surface area (Å²) in [7, 11) is -4.02. The highest BCUT2D eigenvalue weighted by Gasteiger charge is 2.44. The first kappa shape index (κ1) is 23.2. The van der Waals surface area contributed by atoms with Crippen molar-refractivity contribution in [3.8, 4) is 12.3 Å². The fraction of sp³-hybridized carbons (Fsp3) is 0.636. The minimum atomic E-state index is -2.01. The Kier molecular flexibility index (Phi) is 7.15. The SMILES string of the molecule is C#C[C@H](O[Si](C)(C)C(C)(C)C)[C@H](O[Si](C)(C)C(C)(C)C)c1ccccc1. The van der Waals surface area contributed by atoms with Gasteiger partial charge in [0, 0.05) is 0 Å². The maximum absolute atomic E-state index is 6.79. The number of terminal acetylenes is 1. The Labute approximate surface area is 164 Å². The second-order valence-corrected chi connectivity index (χ2v) is 19.7. The van der Waals surface area contributed by atoms with Crippen LogP contribution in [0.15, 0.2) is 30.3 Å². The van der Waals surface area contributed by atoms with Gasteiger partial charge >= 0.3 is 0 Å². The van der Waals surface area contributed by atoms with Gasteiger partial charge in [-0.3, -0.25) is 0 Å². The monoisotopic (exact) mass is 390 g/mol. The topological polar surface area (TPSA) is 18.5 Å². The van der Waals surface area contributed by atoms with Crippen LogP contribution in [0.4, 0.5) is 0 Å². The highest BCUT2D eigenvalue weighted by molar-refractivity contribution is 6.74. The van der Waals surface area contributed by atoms with Gasteiger partial charge in [-0.1, -0.05) is 77.8 Å². The van der Waals surface area contributed by atoms with Crippen LogP contribution in [0.1, 0.15) is 53.2 Å². The van der Waals surface area contributed by atoms with Crippen molar-refractivity contribution in [2.24, 2.45) is 0 Å². The smallest absolute Gasteiger partial charge is 0.193 e. The average Bonchev–Trinajstić information content (AvgIpc) is 2.49. The summed E-state index contributed by atoms with van der Waals surface area (Å²) >= 11 is 0. The summed E-state index contributed by atoms with van der Waals surface area (Å²) in [5.41, 5.74) is 1.10. The lowest BCUT2D eigenvalue weighted by Gasteiger charge is -2.44. The zero-order valence-electron chi connectivity index (χ0n) is 18.4. The quantitative estimate of drug-likeness (QED) is 0.394. The van der Waals surface area contributed by atoms with Gasteiger partial charge in [-0.25, -0.2) is 0 Å². The van der Waals surface area contributed by atoms with Crippen molar-refractivity contribution >= 4 is 16.6 Å². The highest BCUT2D eigenvalue weighted by atomic mass is 28.4. The average molecular weight is 391 g/mol. The van der Waals surface area contributed by atoms with Gasteiger partial charge in [0.05, 0.1) is 0 Å². The van der Waals surface area contributed by atoms with E-state index in [4.69, 9.17) is 15.3 Å². The Bertz CT molecular complexity index is 616. The van der Waals surface area contributed by atoms with Gasteiger partial charge in [0.1, 0.15) is 12.2 Å². The standard InChI is InChI=1S/C22H38O2Si2/c1-12-19(23-25(8,9)21(2,3)4)20(18-16-14-13-15-17-18)24-26(10,11)22(5,6)7/h1,13-17,19-20H,2-11H3/t19-,20+/m0/s1. The number of benzene rings is 1. The minimum Gasteiger partial charge on any atom is -0.406 e. The summed E-state index contributed by atoms with van der Waals surface area (Å²) in [6.07, 6.45) is 5.35. The van der Waals surface area contributed by atoms with E-state index in [1.54, 1.807) is 0 Å². The van der Waals surface area contributed by atoms with Gasteiger partial charge in [-0.05, 0) is 41.8 Å². The molecule has 2 nitrogen and oxygen atoms in total. The third kappa shape index (κ3) is 5.56. The third-order valence-electron chi connectivity index (χ3n) is 6.02. The molecule has 0 saturated heterocycles. The van der Waals surface area contributed by atoms with Crippen LogP contribution in [0.25, 0.3) is 0 Å². The molecule has 0 saturated carbocycles. The fourth-order valence-electron chi connectivity index (χ4n) is 2.12. The van der Waals surface area contributed by atoms with Crippen LogP contribution in [-0.2, 0) is 8.85 Å². The molecule has 26 heavy (non-hydrogen) atoms. The molecular weight excluding hydrogens is 352 g/mol. The second-order valence-electron chi connectivity index (χ2n) is 10.2. The van der Waals surface area contributed by atoms with Crippen molar-refractivity contribution in [1.29, 1.82) is 0 Å². The van der Waals surface area contributed by atoms with E-state index in [1.807, 2.05) is 18.2 Å². The zero-order valence-corrected chi connectivity index (χ0v) is 20.4. The van der Waals surface area contributed by atoms with E-state index >= 15 is 0 Å². The number of hydrogen-bond donors (Lipinski definition) is 0. The van der Waals surface area contributed by atoms with Gasteiger partial charge in [0.15, 0.2) is 16.6 Å². The predicted octanol–water partition coefficient (Wildman–Crippen LogP) is 6.77. The predicted molar refractivity (Wildman–Crippen MR) is 118 cm³/mol. The van der Waals surface area contributed by atoms with Crippen LogP contribution >= 0.6 is 0 Å². The first-order chi connectivity index (χ1) is 11.6. The Morgan fingerprint density at radius 3 is 1.62 bits per heavy atom. The van der Waals surface area contributed by atoms with Crippen molar-refractivity contribution in [3.05, 3.63) is 35.9 Å². The van der Waals surface area contributed by atoms with Crippen molar-refractivity contribution < 1.29 is 8.85 Å². The van der Waals surface area contributed by atoms with E-state index in [0.717, 1.165) is 5.56 Å². The minimum absolute atomic E-state index is 0.0975. The van der Waals surface area contributed by atoms with Gasteiger partial charge in [0.2, 0.25) is 0 Å². The molecule has 1 aromatic carbocycles. The molecule has 0 amide bonds. The maximum atomic E-state index is 6.79. The molecule has 146 valence electrons. The molecule has 0 unspecified atom stereocenters. The van der Waals surface area contributed by atoms with E-state index < -0.39 is 16.6 Å². The maximum Gasteiger partial charge on any atom is 0.193 e. The van der Waals surface area contributed by atoms with E-state index in [9.17, 15) is 0 Å². The summed E-state index contributed by atoms with van der Waals surface area (Å²) in [5, 5.41) is 0.205. The third-order valence-corrected chi connectivity index (χ3v) is 14.9. The first-order valence-electron chi connectivity index (χ1n) is 9.49. The molecule has 0 aliphatic carbocycles. The summed E-state index contributed by atoms with van der Waals surface area (Å²) in [6.45, 7) is 22.5. The van der Waals surface area contributed by atoms with Crippen LogP contribution in [0.3, 0.4) is 0 Å². The van der Waals surface area contributed by atoms with Crippen LogP contribution < -0.4 is 0 Å². The Morgan fingerprint density at radius 1 is 0.808 bits per heavy atom. The molecule has 0 spiro atoms. The molecule has 0 bridgehead atoms. The zero-order chi connectivity index (χ0) is 20.4. The molecular formula is C22H38O2Si2. The molecule has 1 aromatic rings. The van der Waals surface area contributed by atoms with Crippen molar-refractivity contribution in [3.63, 3.8) is 0 Å². The number of rotatable bonds is 6. The molecule has 0 aliphatic rings. The molecule has 0 radical (unpaired) electrons. The highest BCUT2D eigenvalue weighted by Crippen LogP contribution is 2.43. The van der Waals surface area contributed by atoms with Crippen molar-refractivity contribution in [2.45, 2.75) is 90.0 Å². The van der Waals surface area contributed by atoms with Crippen LogP contribution in [0.2, 0.25) is 36.3 Å². The Morgan fingerprint density at radius 2 is 1.23 bits per heavy atom. The molecule has 4 heteroatoms. The van der Waals surface area contributed by atoms with Crippen LogP contribution in [0.5, 0.6) is 0 Å². The molecule has 1 rings (SSSR count). The largest absolute Gasteiger partial charge is 0.406 e. The summed E-state index contributed by atoms with van der Waals surface area (Å²) < 4.78 is 13.4. The fourth-order valence-corrected chi connectivity index (χ4v) is 4.55. The van der Waals surface area contributed by atoms with Gasteiger partial charge < -0.3 is 8.85 Å². The lowest BCUT2D eigenvalue weighted by atomic mass is 10.1. The van der Waals surface area contributed by atoms with Gasteiger partial charge in [-0.15, -0.1) is 6.42 Å². The second kappa shape index (κ2) is 8.02. The lowest BCUT2D eigenvalue weighted by Crippen LogP contribution is -2.48. The van der Waals surface area contributed by atoms with E-state index in [1.165, 1.54) is 0 Å². The van der Waals surface area contributed by atoms with E-state index in [0.29, 0.717) is 0 Å². The molecule has 0 heterocycles. The van der Waals surface area contributed by atoms with E-state index in [-0.39, 0.29) is 22.3 Å². The normalized spacial score (nSPS) is 16.0. The van der Waals surface area contributed by atoms with Crippen LogP contribution in [0, 0.1) is 12.3 Å². The van der Waals surface area contributed by atoms with Crippen molar-refractivity contribution in [2.75, 3.05) is 0 Å². The lowest BCUT2D eigenvalue weighted by molar-refractivity contribution is 0.0685. The molecule has 2 atom stereocenters. The van der Waals surface area contributed by atoms with Crippen LogP contribution in [-0.4, -0.2) is 22.7 Å². The molecule has 0 fully saturated rings. The summed E-state index contributed by atoms with van der Waals surface area (Å²) in [5.74, 6) is 2.91. The van der Waals surface area contributed by atoms with Crippen molar-refractivity contribution in [1.82, 2.24) is 0 Å². The Balaban J connectivity index is 3.29. The summed E-state index contributed by atoms with van der Waals surface area (Å²) in [6, 6.07) is 10.3. The first-order valence-corrected chi connectivity index (χ1v) is 15.3.